The molecule has 166 valence electrons. The highest BCUT2D eigenvalue weighted by atomic mass is 16.5. The summed E-state index contributed by atoms with van der Waals surface area (Å²) >= 11 is 0. The predicted octanol–water partition coefficient (Wildman–Crippen LogP) is 4.46. The summed E-state index contributed by atoms with van der Waals surface area (Å²) in [4.78, 5) is 12.0. The van der Waals surface area contributed by atoms with Gasteiger partial charge in [-0.15, -0.1) is 0 Å². The molecular formula is C26H28N2O4. The van der Waals surface area contributed by atoms with Crippen molar-refractivity contribution >= 4 is 12.1 Å². The molecule has 3 aromatic carbocycles. The van der Waals surface area contributed by atoms with Crippen LogP contribution in [0.1, 0.15) is 22.3 Å². The molecule has 1 N–H and O–H groups in total. The zero-order chi connectivity index (χ0) is 22.8. The van der Waals surface area contributed by atoms with Gasteiger partial charge in [-0.3, -0.25) is 4.79 Å². The van der Waals surface area contributed by atoms with Gasteiger partial charge in [0.2, 0.25) is 0 Å². The molecule has 0 atom stereocenters. The molecule has 6 nitrogen and oxygen atoms in total. The molecule has 3 aromatic rings. The number of carbonyl (C=O) groups excluding carboxylic acids is 1. The summed E-state index contributed by atoms with van der Waals surface area (Å²) < 4.78 is 16.8. The molecule has 0 heterocycles. The van der Waals surface area contributed by atoms with E-state index in [1.165, 1.54) is 11.1 Å². The first-order valence-electron chi connectivity index (χ1n) is 10.4. The molecule has 0 saturated heterocycles. The van der Waals surface area contributed by atoms with Crippen LogP contribution >= 0.6 is 0 Å². The number of amides is 1. The van der Waals surface area contributed by atoms with Crippen LogP contribution in [0.15, 0.2) is 71.8 Å². The average molecular weight is 433 g/mol. The van der Waals surface area contributed by atoms with Crippen LogP contribution in [0.2, 0.25) is 0 Å². The van der Waals surface area contributed by atoms with Crippen molar-refractivity contribution in [2.75, 3.05) is 20.3 Å². The Morgan fingerprint density at radius 2 is 1.75 bits per heavy atom. The van der Waals surface area contributed by atoms with Crippen LogP contribution in [0.25, 0.3) is 0 Å². The van der Waals surface area contributed by atoms with Gasteiger partial charge in [-0.25, -0.2) is 5.43 Å². The maximum Gasteiger partial charge on any atom is 0.277 e. The predicted molar refractivity (Wildman–Crippen MR) is 126 cm³/mol. The van der Waals surface area contributed by atoms with Crippen LogP contribution in [0.5, 0.6) is 17.2 Å². The van der Waals surface area contributed by atoms with E-state index in [9.17, 15) is 4.79 Å². The average Bonchev–Trinajstić information content (AvgIpc) is 2.81. The summed E-state index contributed by atoms with van der Waals surface area (Å²) in [6.45, 7) is 4.46. The van der Waals surface area contributed by atoms with Gasteiger partial charge < -0.3 is 14.2 Å². The minimum Gasteiger partial charge on any atom is -0.493 e. The molecule has 0 aliphatic rings. The van der Waals surface area contributed by atoms with Crippen molar-refractivity contribution in [3.8, 4) is 17.2 Å². The second-order valence-electron chi connectivity index (χ2n) is 7.32. The molecule has 0 unspecified atom stereocenters. The Bertz CT molecular complexity index is 1060. The molecule has 0 radical (unpaired) electrons. The Labute approximate surface area is 188 Å². The molecule has 0 aliphatic carbocycles. The van der Waals surface area contributed by atoms with Gasteiger partial charge in [-0.2, -0.15) is 5.10 Å². The van der Waals surface area contributed by atoms with Crippen molar-refractivity contribution in [3.63, 3.8) is 0 Å². The fraction of sp³-hybridized carbons (Fsp3) is 0.231. The molecule has 0 aliphatic heterocycles. The van der Waals surface area contributed by atoms with Crippen LogP contribution in [-0.4, -0.2) is 32.4 Å². The van der Waals surface area contributed by atoms with E-state index in [4.69, 9.17) is 14.2 Å². The largest absolute Gasteiger partial charge is 0.493 e. The highest BCUT2D eigenvalue weighted by Crippen LogP contribution is 2.27. The van der Waals surface area contributed by atoms with Gasteiger partial charge in [0.05, 0.1) is 19.9 Å². The lowest BCUT2D eigenvalue weighted by Crippen LogP contribution is -2.24. The van der Waals surface area contributed by atoms with Gasteiger partial charge in [0.25, 0.3) is 5.91 Å². The van der Waals surface area contributed by atoms with Crippen LogP contribution < -0.4 is 19.6 Å². The van der Waals surface area contributed by atoms with Crippen molar-refractivity contribution in [1.82, 2.24) is 5.43 Å². The Morgan fingerprint density at radius 1 is 0.938 bits per heavy atom. The number of methoxy groups -OCH3 is 1. The van der Waals surface area contributed by atoms with E-state index in [1.807, 2.05) is 62.4 Å². The highest BCUT2D eigenvalue weighted by molar-refractivity contribution is 5.83. The van der Waals surface area contributed by atoms with E-state index in [0.717, 1.165) is 17.5 Å². The van der Waals surface area contributed by atoms with E-state index >= 15 is 0 Å². The number of nitrogens with zero attached hydrogens (tertiary/aromatic N) is 1. The van der Waals surface area contributed by atoms with Crippen LogP contribution in [0.3, 0.4) is 0 Å². The zero-order valence-electron chi connectivity index (χ0n) is 18.6. The van der Waals surface area contributed by atoms with Crippen molar-refractivity contribution in [2.24, 2.45) is 5.10 Å². The number of hydrogen-bond acceptors (Lipinski definition) is 5. The Kier molecular flexibility index (Phi) is 8.26. The number of rotatable bonds is 10. The summed E-state index contributed by atoms with van der Waals surface area (Å²) in [5.74, 6) is 1.57. The summed E-state index contributed by atoms with van der Waals surface area (Å²) in [6, 6.07) is 21.4. The molecule has 0 bridgehead atoms. The fourth-order valence-corrected chi connectivity index (χ4v) is 2.97. The lowest BCUT2D eigenvalue weighted by molar-refractivity contribution is -0.123. The topological polar surface area (TPSA) is 69.2 Å². The van der Waals surface area contributed by atoms with Crippen molar-refractivity contribution in [1.29, 1.82) is 0 Å². The van der Waals surface area contributed by atoms with Crippen LogP contribution in [0, 0.1) is 13.8 Å². The fourth-order valence-electron chi connectivity index (χ4n) is 2.97. The molecule has 0 fully saturated rings. The van der Waals surface area contributed by atoms with Crippen molar-refractivity contribution < 1.29 is 19.0 Å². The number of hydrogen-bond donors (Lipinski definition) is 1. The van der Waals surface area contributed by atoms with Gasteiger partial charge in [-0.1, -0.05) is 36.4 Å². The van der Waals surface area contributed by atoms with Gasteiger partial charge in [0.15, 0.2) is 18.1 Å². The molecule has 0 saturated carbocycles. The standard InChI is InChI=1S/C26H28N2O4/c1-19-9-11-23(15-20(19)2)32-18-26(29)28-27-17-22-10-12-24(25(16-22)30-3)31-14-13-21-7-5-4-6-8-21/h4-12,15-17H,13-14,18H2,1-3H3,(H,28,29)/b27-17+. The van der Waals surface area contributed by atoms with Crippen LogP contribution in [-0.2, 0) is 11.2 Å². The molecular weight excluding hydrogens is 404 g/mol. The minimum absolute atomic E-state index is 0.114. The summed E-state index contributed by atoms with van der Waals surface area (Å²) in [5, 5.41) is 3.99. The number of hydrazone groups is 1. The first-order chi connectivity index (χ1) is 15.5. The van der Waals surface area contributed by atoms with E-state index in [0.29, 0.717) is 23.9 Å². The van der Waals surface area contributed by atoms with Crippen molar-refractivity contribution in [2.45, 2.75) is 20.3 Å². The molecule has 32 heavy (non-hydrogen) atoms. The number of aryl methyl sites for hydroxylation is 2. The summed E-state index contributed by atoms with van der Waals surface area (Å²) in [5.41, 5.74) is 6.74. The Balaban J connectivity index is 1.48. The third-order valence-corrected chi connectivity index (χ3v) is 4.93. The van der Waals surface area contributed by atoms with Crippen molar-refractivity contribution in [3.05, 3.63) is 89.0 Å². The number of carbonyl (C=O) groups is 1. The SMILES string of the molecule is COc1cc(/C=N/NC(=O)COc2ccc(C)c(C)c2)ccc1OCCc1ccccc1. The Morgan fingerprint density at radius 3 is 2.50 bits per heavy atom. The smallest absolute Gasteiger partial charge is 0.277 e. The zero-order valence-corrected chi connectivity index (χ0v) is 18.6. The van der Waals surface area contributed by atoms with Gasteiger partial charge in [0.1, 0.15) is 5.75 Å². The third kappa shape index (κ3) is 6.87. The lowest BCUT2D eigenvalue weighted by Gasteiger charge is -2.11. The van der Waals surface area contributed by atoms with E-state index in [1.54, 1.807) is 19.4 Å². The summed E-state index contributed by atoms with van der Waals surface area (Å²) in [7, 11) is 1.59. The molecule has 0 spiro atoms. The normalized spacial score (nSPS) is 10.7. The Hall–Kier alpha value is -3.80. The summed E-state index contributed by atoms with van der Waals surface area (Å²) in [6.07, 6.45) is 2.35. The van der Waals surface area contributed by atoms with Gasteiger partial charge >= 0.3 is 0 Å². The number of nitrogens with one attached hydrogen (secondary N) is 1. The maximum atomic E-state index is 12.0. The second-order valence-corrected chi connectivity index (χ2v) is 7.32. The first kappa shape index (κ1) is 22.9. The quantitative estimate of drug-likeness (QED) is 0.379. The van der Waals surface area contributed by atoms with E-state index in [-0.39, 0.29) is 12.5 Å². The number of ether oxygens (including phenoxy) is 3. The molecule has 1 amide bonds. The van der Waals surface area contributed by atoms with Crippen LogP contribution in [0.4, 0.5) is 0 Å². The molecule has 3 rings (SSSR count). The monoisotopic (exact) mass is 432 g/mol. The first-order valence-corrected chi connectivity index (χ1v) is 10.4. The maximum absolute atomic E-state index is 12.0. The highest BCUT2D eigenvalue weighted by Gasteiger charge is 2.06. The second kappa shape index (κ2) is 11.6. The molecule has 6 heteroatoms. The van der Waals surface area contributed by atoms with E-state index in [2.05, 4.69) is 22.7 Å². The lowest BCUT2D eigenvalue weighted by atomic mass is 10.1. The van der Waals surface area contributed by atoms with Gasteiger partial charge in [-0.05, 0) is 66.4 Å². The molecule has 0 aromatic heterocycles. The van der Waals surface area contributed by atoms with Gasteiger partial charge in [0, 0.05) is 6.42 Å². The minimum atomic E-state index is -0.340. The number of benzene rings is 3. The third-order valence-electron chi connectivity index (χ3n) is 4.93. The van der Waals surface area contributed by atoms with E-state index < -0.39 is 0 Å².